The van der Waals surface area contributed by atoms with Gasteiger partial charge in [0.2, 0.25) is 8.32 Å². The zero-order valence-corrected chi connectivity index (χ0v) is 40.4. The molecule has 0 saturated heterocycles. The lowest BCUT2D eigenvalue weighted by Crippen LogP contribution is -2.67. The molecule has 0 unspecified atom stereocenters. The molecule has 316 valence electrons. The Hall–Kier alpha value is -3.43. The van der Waals surface area contributed by atoms with Crippen molar-refractivity contribution in [2.24, 2.45) is 5.92 Å². The Labute approximate surface area is 351 Å². The molecule has 3 aromatic rings. The fourth-order valence-corrected chi connectivity index (χ4v) is 13.4. The maximum Gasteiger partial charge on any atom is 0.338 e. The zero-order chi connectivity index (χ0) is 43.3. The number of ketones is 1. The summed E-state index contributed by atoms with van der Waals surface area (Å²) < 4.78 is 39.8. The summed E-state index contributed by atoms with van der Waals surface area (Å²) in [4.78, 5) is 29.5. The number of allylic oxidation sites excluding steroid dienone is 1. The van der Waals surface area contributed by atoms with Crippen LogP contribution in [0.15, 0.2) is 115 Å². The van der Waals surface area contributed by atoms with Crippen LogP contribution in [-0.2, 0) is 32.3 Å². The molecule has 0 fully saturated rings. The van der Waals surface area contributed by atoms with Gasteiger partial charge in [-0.15, -0.1) is 0 Å². The molecule has 1 aliphatic heterocycles. The summed E-state index contributed by atoms with van der Waals surface area (Å²) in [6.07, 6.45) is -1.16. The van der Waals surface area contributed by atoms with Crippen LogP contribution in [0.5, 0.6) is 0 Å². The van der Waals surface area contributed by atoms with E-state index in [2.05, 4.69) is 119 Å². The molecule has 0 saturated carbocycles. The molecule has 0 aliphatic carbocycles. The van der Waals surface area contributed by atoms with Crippen LogP contribution in [0.2, 0.25) is 41.3 Å². The van der Waals surface area contributed by atoms with E-state index in [4.69, 9.17) is 27.5 Å². The molecule has 4 atom stereocenters. The summed E-state index contributed by atoms with van der Waals surface area (Å²) in [5, 5.41) is 1.40. The van der Waals surface area contributed by atoms with E-state index in [-0.39, 0.29) is 23.3 Å². The number of benzene rings is 3. The van der Waals surface area contributed by atoms with Gasteiger partial charge in [-0.05, 0) is 69.9 Å². The van der Waals surface area contributed by atoms with Crippen LogP contribution in [0, 0.1) is 5.92 Å². The van der Waals surface area contributed by atoms with Gasteiger partial charge in [-0.3, -0.25) is 4.79 Å². The highest BCUT2D eigenvalue weighted by atomic mass is 28.4. The van der Waals surface area contributed by atoms with Gasteiger partial charge in [-0.25, -0.2) is 4.79 Å². The second kappa shape index (κ2) is 18.5. The zero-order valence-electron chi connectivity index (χ0n) is 37.4. The van der Waals surface area contributed by atoms with Crippen LogP contribution < -0.4 is 10.4 Å². The first-order valence-corrected chi connectivity index (χ1v) is 28.0. The number of esters is 1. The molecule has 4 rings (SSSR count). The van der Waals surface area contributed by atoms with Gasteiger partial charge in [-0.2, -0.15) is 0 Å². The molecule has 0 aromatic heterocycles. The highest BCUT2D eigenvalue weighted by molar-refractivity contribution is 6.99. The molecule has 0 bridgehead atoms. The lowest BCUT2D eigenvalue weighted by molar-refractivity contribution is -0.172. The number of carbonyl (C=O) groups excluding carboxylic acids is 2. The Morgan fingerprint density at radius 3 is 1.64 bits per heavy atom. The average Bonchev–Trinajstić information content (AvgIpc) is 3.15. The van der Waals surface area contributed by atoms with Crippen LogP contribution >= 0.6 is 0 Å². The number of Topliss-reactive ketones (excluding diaryl/α,β-unsaturated/α-hetero) is 1. The Morgan fingerprint density at radius 2 is 1.19 bits per heavy atom. The normalized spacial score (nSPS) is 18.9. The van der Waals surface area contributed by atoms with E-state index in [1.807, 2.05) is 42.5 Å². The first kappa shape index (κ1) is 47.3. The summed E-state index contributed by atoms with van der Waals surface area (Å²) >= 11 is 0. The van der Waals surface area contributed by atoms with Crippen molar-refractivity contribution < 1.29 is 37.1 Å². The van der Waals surface area contributed by atoms with Crippen LogP contribution in [0.1, 0.15) is 72.7 Å². The highest BCUT2D eigenvalue weighted by Crippen LogP contribution is 2.44. The molecule has 1 heterocycles. The highest BCUT2D eigenvalue weighted by Gasteiger charge is 2.53. The lowest BCUT2D eigenvalue weighted by atomic mass is 9.83. The number of hydrogen-bond acceptors (Lipinski definition) is 8. The first-order chi connectivity index (χ1) is 26.9. The molecular weight excluding hydrogens is 777 g/mol. The van der Waals surface area contributed by atoms with Crippen LogP contribution in [0.4, 0.5) is 0 Å². The maximum absolute atomic E-state index is 15.3. The number of carbonyl (C=O) groups is 2. The van der Waals surface area contributed by atoms with Crippen molar-refractivity contribution in [2.75, 3.05) is 20.3 Å². The standard InChI is InChI=1S/C47H68O8Si3/c1-34(55-57(14,15)46(5,6)7)38-31-41(50-11)53-40(33-51-56(12,13)45(2,3)4)42(38)43(54-44(49)35-25-19-16-20-26-35)39(48)32-52-58(47(8,9)10,36-27-21-17-22-28-36)37-29-23-18-24-30-37/h16-31,40-43H,1,32-33H2,2-15H3/t40-,41+,42+,43-/m1/s1. The third-order valence-electron chi connectivity index (χ3n) is 12.3. The molecule has 58 heavy (non-hydrogen) atoms. The second-order valence-electron chi connectivity index (χ2n) is 19.4. The summed E-state index contributed by atoms with van der Waals surface area (Å²) in [6.45, 7) is 32.4. The number of rotatable bonds is 16. The van der Waals surface area contributed by atoms with Gasteiger partial charge in [-0.1, -0.05) is 148 Å². The Kier molecular flexibility index (Phi) is 15.0. The minimum atomic E-state index is -3.18. The van der Waals surface area contributed by atoms with Crippen molar-refractivity contribution in [1.82, 2.24) is 0 Å². The Bertz CT molecular complexity index is 1830. The van der Waals surface area contributed by atoms with Gasteiger partial charge < -0.3 is 27.5 Å². The largest absolute Gasteiger partial charge is 0.544 e. The van der Waals surface area contributed by atoms with E-state index < -0.39 is 66.2 Å². The number of hydrogen-bond donors (Lipinski definition) is 0. The minimum Gasteiger partial charge on any atom is -0.544 e. The van der Waals surface area contributed by atoms with E-state index in [0.29, 0.717) is 16.9 Å². The molecule has 1 aliphatic rings. The van der Waals surface area contributed by atoms with Crippen LogP contribution in [0.3, 0.4) is 0 Å². The molecule has 0 spiro atoms. The van der Waals surface area contributed by atoms with Gasteiger partial charge in [0.15, 0.2) is 26.5 Å². The molecule has 3 aromatic carbocycles. The average molecular weight is 845 g/mol. The van der Waals surface area contributed by atoms with E-state index in [9.17, 15) is 4.79 Å². The minimum absolute atomic E-state index is 0.107. The number of ether oxygens (including phenoxy) is 3. The van der Waals surface area contributed by atoms with Crippen LogP contribution in [0.25, 0.3) is 0 Å². The van der Waals surface area contributed by atoms with Gasteiger partial charge in [0, 0.05) is 12.7 Å². The second-order valence-corrected chi connectivity index (χ2v) is 33.2. The molecule has 0 amide bonds. The summed E-state index contributed by atoms with van der Waals surface area (Å²) in [7, 11) is -6.41. The van der Waals surface area contributed by atoms with Gasteiger partial charge >= 0.3 is 5.97 Å². The summed E-state index contributed by atoms with van der Waals surface area (Å²) in [6, 6.07) is 29.0. The molecule has 0 N–H and O–H groups in total. The maximum atomic E-state index is 15.3. The summed E-state index contributed by atoms with van der Waals surface area (Å²) in [5.74, 6) is -1.54. The van der Waals surface area contributed by atoms with Crippen molar-refractivity contribution in [3.05, 3.63) is 121 Å². The smallest absolute Gasteiger partial charge is 0.338 e. The quantitative estimate of drug-likeness (QED) is 0.0801. The molecule has 11 heteroatoms. The van der Waals surface area contributed by atoms with Crippen LogP contribution in [-0.4, -0.2) is 75.5 Å². The third kappa shape index (κ3) is 10.7. The fourth-order valence-electron chi connectivity index (χ4n) is 6.80. The molecule has 0 radical (unpaired) electrons. The van der Waals surface area contributed by atoms with Gasteiger partial charge in [0.1, 0.15) is 0 Å². The van der Waals surface area contributed by atoms with Gasteiger partial charge in [0.25, 0.3) is 8.32 Å². The number of methoxy groups -OCH3 is 1. The SMILES string of the molecule is C=C(O[Si](C)(C)C(C)(C)C)C1=C[C@@H](OC)O[C@H](CO[Si](C)(C)C(C)(C)C)[C@H]1[C@H](OC(=O)c1ccccc1)C(=O)CO[Si](c1ccccc1)(c1ccccc1)C(C)(C)C. The summed E-state index contributed by atoms with van der Waals surface area (Å²) in [5.41, 5.74) is 0.895. The third-order valence-corrected chi connectivity index (χ3v) is 26.1. The van der Waals surface area contributed by atoms with Crippen molar-refractivity contribution in [2.45, 2.75) is 122 Å². The van der Waals surface area contributed by atoms with Crippen molar-refractivity contribution in [1.29, 1.82) is 0 Å². The Balaban J connectivity index is 1.92. The monoisotopic (exact) mass is 844 g/mol. The lowest BCUT2D eigenvalue weighted by Gasteiger charge is -2.45. The van der Waals surface area contributed by atoms with E-state index in [1.54, 1.807) is 37.5 Å². The Morgan fingerprint density at radius 1 is 0.707 bits per heavy atom. The van der Waals surface area contributed by atoms with Gasteiger partial charge in [0.05, 0.1) is 36.6 Å². The predicted octanol–water partition coefficient (Wildman–Crippen LogP) is 9.83. The topological polar surface area (TPSA) is 89.5 Å². The fraction of sp³-hybridized carbons (Fsp3) is 0.489. The van der Waals surface area contributed by atoms with E-state index in [1.165, 1.54) is 0 Å². The van der Waals surface area contributed by atoms with E-state index in [0.717, 1.165) is 10.4 Å². The van der Waals surface area contributed by atoms with Crippen molar-refractivity contribution >= 4 is 47.1 Å². The molecular formula is C47H68O8Si3. The predicted molar refractivity (Wildman–Crippen MR) is 242 cm³/mol. The first-order valence-electron chi connectivity index (χ1n) is 20.3. The molecule has 8 nitrogen and oxygen atoms in total. The van der Waals surface area contributed by atoms with E-state index >= 15 is 4.79 Å². The van der Waals surface area contributed by atoms with Crippen molar-refractivity contribution in [3.63, 3.8) is 0 Å². The van der Waals surface area contributed by atoms with Crippen molar-refractivity contribution in [3.8, 4) is 0 Å².